The van der Waals surface area contributed by atoms with Crippen LogP contribution in [0.3, 0.4) is 0 Å². The summed E-state index contributed by atoms with van der Waals surface area (Å²) in [7, 11) is 0. The van der Waals surface area contributed by atoms with Gasteiger partial charge in [0, 0.05) is 6.92 Å². The van der Waals surface area contributed by atoms with Crippen LogP contribution in [0, 0.1) is 0 Å². The van der Waals surface area contributed by atoms with Crippen LogP contribution in [-0.2, 0) is 34.7 Å². The first-order valence-corrected chi connectivity index (χ1v) is 4.48. The minimum Gasteiger partial charge on any atom is -0.393 e. The third-order valence-electron chi connectivity index (χ3n) is 0.955. The van der Waals surface area contributed by atoms with Crippen molar-refractivity contribution in [2.75, 3.05) is 0 Å². The average molecular weight is 224 g/mol. The maximum absolute atomic E-state index is 10.7. The Morgan fingerprint density at radius 3 is 2.14 bits per heavy atom. The van der Waals surface area contributed by atoms with Crippen molar-refractivity contribution in [3.8, 4) is 0 Å². The zero-order valence-electron chi connectivity index (χ0n) is 7.22. The van der Waals surface area contributed by atoms with Crippen LogP contribution in [0.15, 0.2) is 0 Å². The van der Waals surface area contributed by atoms with E-state index in [0.717, 1.165) is 6.92 Å². The molecular weight excluding hydrogens is 216 g/mol. The van der Waals surface area contributed by atoms with Crippen molar-refractivity contribution in [3.63, 3.8) is 0 Å². The second-order valence-corrected chi connectivity index (χ2v) is 2.74. The summed E-state index contributed by atoms with van der Waals surface area (Å²) in [6, 6.07) is 0. The van der Waals surface area contributed by atoms with Gasteiger partial charge in [0.1, 0.15) is 0 Å². The number of hydrogen-bond acceptors (Lipinski definition) is 6. The van der Waals surface area contributed by atoms with E-state index in [2.05, 4.69) is 8.92 Å². The fourth-order valence-corrected chi connectivity index (χ4v) is 0.779. The summed E-state index contributed by atoms with van der Waals surface area (Å²) in [6.45, 7) is 1.04. The SMILES string of the molecule is CC(=O)OC(=O)CCC(=O)OS(=O)O. The molecule has 1 atom stereocenters. The van der Waals surface area contributed by atoms with E-state index in [4.69, 9.17) is 4.55 Å². The number of carbonyl (C=O) groups excluding carboxylic acids is 3. The molecule has 0 rings (SSSR count). The van der Waals surface area contributed by atoms with Gasteiger partial charge in [-0.2, -0.15) is 4.21 Å². The van der Waals surface area contributed by atoms with E-state index in [1.165, 1.54) is 0 Å². The molecule has 0 saturated carbocycles. The minimum absolute atomic E-state index is 0.379. The van der Waals surface area contributed by atoms with E-state index < -0.39 is 35.7 Å². The highest BCUT2D eigenvalue weighted by Gasteiger charge is 2.12. The van der Waals surface area contributed by atoms with Gasteiger partial charge in [-0.3, -0.25) is 18.9 Å². The first-order chi connectivity index (χ1) is 6.41. The monoisotopic (exact) mass is 224 g/mol. The zero-order chi connectivity index (χ0) is 11.1. The number of ether oxygens (including phenoxy) is 1. The summed E-state index contributed by atoms with van der Waals surface area (Å²) in [4.78, 5) is 31.5. The standard InChI is InChI=1S/C6H8O7S/c1-4(7)12-5(8)2-3-6(9)13-14(10)11/h2-3H2,1H3,(H,10,11). The molecule has 7 nitrogen and oxygen atoms in total. The molecule has 0 spiro atoms. The van der Waals surface area contributed by atoms with E-state index >= 15 is 0 Å². The van der Waals surface area contributed by atoms with Gasteiger partial charge in [-0.1, -0.05) is 0 Å². The van der Waals surface area contributed by atoms with Gasteiger partial charge in [0.25, 0.3) is 0 Å². The van der Waals surface area contributed by atoms with Crippen molar-refractivity contribution >= 4 is 29.3 Å². The first-order valence-electron chi connectivity index (χ1n) is 3.45. The molecule has 0 radical (unpaired) electrons. The number of carbonyl (C=O) groups is 3. The lowest BCUT2D eigenvalue weighted by molar-refractivity contribution is -0.159. The normalized spacial score (nSPS) is 11.6. The predicted molar refractivity (Wildman–Crippen MR) is 42.9 cm³/mol. The van der Waals surface area contributed by atoms with E-state index in [-0.39, 0.29) is 6.42 Å². The maximum Gasteiger partial charge on any atom is 0.360 e. The molecule has 1 N–H and O–H groups in total. The van der Waals surface area contributed by atoms with Gasteiger partial charge in [-0.05, 0) is 0 Å². The number of esters is 2. The van der Waals surface area contributed by atoms with Crippen LogP contribution < -0.4 is 0 Å². The third-order valence-corrected chi connectivity index (χ3v) is 1.28. The average Bonchev–Trinajstić information content (AvgIpc) is 1.98. The molecule has 0 aromatic heterocycles. The topological polar surface area (TPSA) is 107 Å². The maximum atomic E-state index is 10.7. The summed E-state index contributed by atoms with van der Waals surface area (Å²) >= 11 is -2.69. The fourth-order valence-electron chi connectivity index (χ4n) is 0.537. The quantitative estimate of drug-likeness (QED) is 0.391. The van der Waals surface area contributed by atoms with Gasteiger partial charge in [0.2, 0.25) is 0 Å². The van der Waals surface area contributed by atoms with E-state index in [1.807, 2.05) is 0 Å². The van der Waals surface area contributed by atoms with Crippen molar-refractivity contribution in [3.05, 3.63) is 0 Å². The second kappa shape index (κ2) is 6.22. The van der Waals surface area contributed by atoms with E-state index in [0.29, 0.717) is 0 Å². The van der Waals surface area contributed by atoms with Crippen LogP contribution in [0.25, 0.3) is 0 Å². The lowest BCUT2D eigenvalue weighted by Crippen LogP contribution is -2.13. The molecule has 0 aliphatic heterocycles. The Morgan fingerprint density at radius 1 is 1.21 bits per heavy atom. The highest BCUT2D eigenvalue weighted by molar-refractivity contribution is 7.74. The molecular formula is C6H8O7S. The van der Waals surface area contributed by atoms with Gasteiger partial charge < -0.3 is 8.92 Å². The van der Waals surface area contributed by atoms with E-state index in [9.17, 15) is 18.6 Å². The Labute approximate surface area is 81.9 Å². The Kier molecular flexibility index (Phi) is 5.65. The van der Waals surface area contributed by atoms with Gasteiger partial charge in [0.05, 0.1) is 12.8 Å². The molecule has 0 heterocycles. The Morgan fingerprint density at radius 2 is 1.71 bits per heavy atom. The van der Waals surface area contributed by atoms with Crippen LogP contribution in [0.5, 0.6) is 0 Å². The van der Waals surface area contributed by atoms with Crippen LogP contribution in [0.2, 0.25) is 0 Å². The molecule has 0 amide bonds. The summed E-state index contributed by atoms with van der Waals surface area (Å²) in [5.41, 5.74) is 0. The van der Waals surface area contributed by atoms with Crippen molar-refractivity contribution in [2.24, 2.45) is 0 Å². The van der Waals surface area contributed by atoms with Gasteiger partial charge in [-0.15, -0.1) is 0 Å². The summed E-state index contributed by atoms with van der Waals surface area (Å²) < 4.78 is 25.9. The minimum atomic E-state index is -2.69. The Hall–Kier alpha value is -1.28. The first kappa shape index (κ1) is 12.7. The van der Waals surface area contributed by atoms with Crippen molar-refractivity contribution in [1.29, 1.82) is 0 Å². The summed E-state index contributed by atoms with van der Waals surface area (Å²) in [5.74, 6) is -2.70. The molecule has 8 heteroatoms. The molecule has 0 saturated heterocycles. The van der Waals surface area contributed by atoms with Gasteiger partial charge in [-0.25, -0.2) is 0 Å². The molecule has 0 aliphatic rings. The third kappa shape index (κ3) is 7.37. The van der Waals surface area contributed by atoms with Crippen LogP contribution >= 0.6 is 0 Å². The Balaban J connectivity index is 3.72. The predicted octanol–water partition coefficient (Wildman–Crippen LogP) is -0.464. The molecule has 1 unspecified atom stereocenters. The largest absolute Gasteiger partial charge is 0.393 e. The molecule has 0 bridgehead atoms. The van der Waals surface area contributed by atoms with Crippen molar-refractivity contribution in [1.82, 2.24) is 0 Å². The highest BCUT2D eigenvalue weighted by atomic mass is 32.2. The summed E-state index contributed by atoms with van der Waals surface area (Å²) in [5, 5.41) is 0. The zero-order valence-corrected chi connectivity index (χ0v) is 8.04. The number of hydrogen-bond donors (Lipinski definition) is 1. The molecule has 0 aromatic rings. The molecule has 0 aromatic carbocycles. The lowest BCUT2D eigenvalue weighted by atomic mass is 10.3. The lowest BCUT2D eigenvalue weighted by Gasteiger charge is -1.98. The van der Waals surface area contributed by atoms with Crippen LogP contribution in [0.4, 0.5) is 0 Å². The second-order valence-electron chi connectivity index (χ2n) is 2.14. The van der Waals surface area contributed by atoms with Gasteiger partial charge in [0.15, 0.2) is 0 Å². The van der Waals surface area contributed by atoms with Crippen molar-refractivity contribution in [2.45, 2.75) is 19.8 Å². The molecule has 0 aliphatic carbocycles. The van der Waals surface area contributed by atoms with Crippen molar-refractivity contribution < 1.29 is 32.1 Å². The Bertz CT molecular complexity index is 243. The van der Waals surface area contributed by atoms with Crippen LogP contribution in [0.1, 0.15) is 19.8 Å². The molecule has 80 valence electrons. The molecule has 14 heavy (non-hydrogen) atoms. The van der Waals surface area contributed by atoms with Crippen LogP contribution in [-0.4, -0.2) is 26.7 Å². The number of rotatable bonds is 4. The van der Waals surface area contributed by atoms with E-state index in [1.54, 1.807) is 0 Å². The van der Waals surface area contributed by atoms with Gasteiger partial charge >= 0.3 is 29.3 Å². The fraction of sp³-hybridized carbons (Fsp3) is 0.500. The highest BCUT2D eigenvalue weighted by Crippen LogP contribution is 1.97. The smallest absolute Gasteiger partial charge is 0.360 e. The molecule has 0 fully saturated rings. The summed E-state index contributed by atoms with van der Waals surface area (Å²) in [6.07, 6.45) is -0.798.